The fourth-order valence-corrected chi connectivity index (χ4v) is 2.65. The van der Waals surface area contributed by atoms with Gasteiger partial charge in [0.25, 0.3) is 0 Å². The Morgan fingerprint density at radius 3 is 2.65 bits per heavy atom. The molecule has 2 heterocycles. The van der Waals surface area contributed by atoms with Crippen LogP contribution >= 0.6 is 15.9 Å². The van der Waals surface area contributed by atoms with Crippen molar-refractivity contribution in [2.75, 3.05) is 5.32 Å². The van der Waals surface area contributed by atoms with Crippen LogP contribution in [0.1, 0.15) is 21.6 Å². The number of carboxylic acid groups (broad SMARTS) is 1. The molecule has 3 aromatic rings. The maximum Gasteiger partial charge on any atom is 0.338 e. The number of anilines is 1. The van der Waals surface area contributed by atoms with E-state index in [9.17, 15) is 9.59 Å². The minimum absolute atomic E-state index is 0.0346. The molecule has 2 aromatic heterocycles. The Morgan fingerprint density at radius 2 is 2.00 bits per heavy atom. The summed E-state index contributed by atoms with van der Waals surface area (Å²) in [4.78, 5) is 22.9. The summed E-state index contributed by atoms with van der Waals surface area (Å²) in [5.41, 5.74) is 2.04. The van der Waals surface area contributed by atoms with Gasteiger partial charge in [0.05, 0.1) is 18.3 Å². The Labute approximate surface area is 157 Å². The highest BCUT2D eigenvalue weighted by Gasteiger charge is 2.11. The third-order valence-corrected chi connectivity index (χ3v) is 4.21. The van der Waals surface area contributed by atoms with E-state index >= 15 is 0 Å². The first-order valence-electron chi connectivity index (χ1n) is 7.75. The van der Waals surface area contributed by atoms with Gasteiger partial charge in [0.15, 0.2) is 5.82 Å². The zero-order chi connectivity index (χ0) is 18.7. The molecule has 3 rings (SSSR count). The normalized spacial score (nSPS) is 10.7. The molecule has 0 aliphatic rings. The van der Waals surface area contributed by atoms with Gasteiger partial charge >= 0.3 is 5.97 Å². The van der Waals surface area contributed by atoms with Crippen molar-refractivity contribution >= 4 is 33.6 Å². The summed E-state index contributed by atoms with van der Waals surface area (Å²) in [6, 6.07) is 9.71. The molecule has 8 nitrogen and oxygen atoms in total. The maximum atomic E-state index is 12.1. The second kappa shape index (κ2) is 7.52. The van der Waals surface area contributed by atoms with E-state index in [2.05, 4.69) is 31.4 Å². The number of carboxylic acids is 1. The predicted octanol–water partition coefficient (Wildman–Crippen LogP) is 2.54. The molecule has 0 radical (unpaired) electrons. The van der Waals surface area contributed by atoms with E-state index in [1.54, 1.807) is 10.7 Å². The third kappa shape index (κ3) is 4.37. The van der Waals surface area contributed by atoms with Crippen LogP contribution in [0.4, 0.5) is 5.82 Å². The second-order valence-electron chi connectivity index (χ2n) is 5.73. The molecule has 0 atom stereocenters. The predicted molar refractivity (Wildman–Crippen MR) is 98.0 cm³/mol. The summed E-state index contributed by atoms with van der Waals surface area (Å²) in [5.74, 6) is -0.979. The average molecular weight is 418 g/mol. The van der Waals surface area contributed by atoms with Gasteiger partial charge in [-0.05, 0) is 24.6 Å². The highest BCUT2D eigenvalue weighted by Crippen LogP contribution is 2.14. The lowest BCUT2D eigenvalue weighted by atomic mass is 10.2. The molecule has 0 spiro atoms. The average Bonchev–Trinajstić information content (AvgIpc) is 3.17. The Bertz CT molecular complexity index is 946. The smallest absolute Gasteiger partial charge is 0.338 e. The van der Waals surface area contributed by atoms with Gasteiger partial charge in [-0.2, -0.15) is 10.2 Å². The van der Waals surface area contributed by atoms with E-state index in [4.69, 9.17) is 5.11 Å². The molecule has 2 N–H and O–H groups in total. The number of hydrogen-bond donors (Lipinski definition) is 2. The summed E-state index contributed by atoms with van der Waals surface area (Å²) in [7, 11) is 0. The summed E-state index contributed by atoms with van der Waals surface area (Å²) < 4.78 is 4.08. The number of halogens is 1. The van der Waals surface area contributed by atoms with Gasteiger partial charge in [0.1, 0.15) is 6.54 Å². The minimum Gasteiger partial charge on any atom is -0.478 e. The van der Waals surface area contributed by atoms with Crippen molar-refractivity contribution in [1.82, 2.24) is 19.6 Å². The van der Waals surface area contributed by atoms with Gasteiger partial charge in [-0.3, -0.25) is 14.2 Å². The standard InChI is InChI=1S/C17H16BrN5O3/c1-11-6-15(21-23(11)8-12-2-4-14(18)5-3-12)20-16(24)10-22-9-13(7-19-22)17(25)26/h2-7,9H,8,10H2,1H3,(H,25,26)(H,20,21,24). The lowest BCUT2D eigenvalue weighted by Gasteiger charge is -2.05. The number of aromatic nitrogens is 4. The molecular weight excluding hydrogens is 402 g/mol. The van der Waals surface area contributed by atoms with Crippen molar-refractivity contribution in [2.45, 2.75) is 20.0 Å². The van der Waals surface area contributed by atoms with Crippen LogP contribution in [0.25, 0.3) is 0 Å². The Hall–Kier alpha value is -2.94. The van der Waals surface area contributed by atoms with Crippen molar-refractivity contribution in [1.29, 1.82) is 0 Å². The number of hydrogen-bond acceptors (Lipinski definition) is 4. The van der Waals surface area contributed by atoms with Crippen molar-refractivity contribution in [3.8, 4) is 0 Å². The van der Waals surface area contributed by atoms with Crippen LogP contribution in [-0.4, -0.2) is 36.5 Å². The topological polar surface area (TPSA) is 102 Å². The van der Waals surface area contributed by atoms with Crippen molar-refractivity contribution < 1.29 is 14.7 Å². The number of amides is 1. The van der Waals surface area contributed by atoms with Crippen LogP contribution in [-0.2, 0) is 17.9 Å². The fourth-order valence-electron chi connectivity index (χ4n) is 2.38. The maximum absolute atomic E-state index is 12.1. The molecule has 0 saturated carbocycles. The largest absolute Gasteiger partial charge is 0.478 e. The lowest BCUT2D eigenvalue weighted by Crippen LogP contribution is -2.19. The number of carbonyl (C=O) groups is 2. The van der Waals surface area contributed by atoms with Gasteiger partial charge in [-0.25, -0.2) is 4.79 Å². The van der Waals surface area contributed by atoms with Crippen LogP contribution in [0.15, 0.2) is 47.2 Å². The van der Waals surface area contributed by atoms with Crippen molar-refractivity contribution in [3.63, 3.8) is 0 Å². The Kier molecular flexibility index (Phi) is 5.17. The molecule has 9 heteroatoms. The molecule has 0 unspecified atom stereocenters. The first kappa shape index (κ1) is 17.9. The lowest BCUT2D eigenvalue weighted by molar-refractivity contribution is -0.116. The molecule has 0 aliphatic carbocycles. The van der Waals surface area contributed by atoms with Crippen molar-refractivity contribution in [3.05, 3.63) is 64.0 Å². The van der Waals surface area contributed by atoms with E-state index in [1.807, 2.05) is 31.2 Å². The number of carbonyl (C=O) groups excluding carboxylic acids is 1. The fraction of sp³-hybridized carbons (Fsp3) is 0.176. The Balaban J connectivity index is 1.63. The van der Waals surface area contributed by atoms with Crippen LogP contribution < -0.4 is 5.32 Å². The molecule has 1 aromatic carbocycles. The summed E-state index contributed by atoms with van der Waals surface area (Å²) in [6.07, 6.45) is 2.51. The van der Waals surface area contributed by atoms with E-state index in [0.717, 1.165) is 15.7 Å². The molecule has 1 amide bonds. The van der Waals surface area contributed by atoms with Crippen LogP contribution in [0, 0.1) is 6.92 Å². The third-order valence-electron chi connectivity index (χ3n) is 3.68. The van der Waals surface area contributed by atoms with E-state index < -0.39 is 5.97 Å². The molecule has 0 bridgehead atoms. The number of aryl methyl sites for hydroxylation is 1. The van der Waals surface area contributed by atoms with E-state index in [-0.39, 0.29) is 18.0 Å². The summed E-state index contributed by atoms with van der Waals surface area (Å²) >= 11 is 3.40. The zero-order valence-electron chi connectivity index (χ0n) is 13.9. The number of nitrogens with one attached hydrogen (secondary N) is 1. The minimum atomic E-state index is -1.08. The van der Waals surface area contributed by atoms with E-state index in [0.29, 0.717) is 12.4 Å². The van der Waals surface area contributed by atoms with Gasteiger partial charge < -0.3 is 10.4 Å². The van der Waals surface area contributed by atoms with Crippen LogP contribution in [0.2, 0.25) is 0 Å². The highest BCUT2D eigenvalue weighted by molar-refractivity contribution is 9.10. The molecule has 134 valence electrons. The van der Waals surface area contributed by atoms with E-state index in [1.165, 1.54) is 17.1 Å². The van der Waals surface area contributed by atoms with Gasteiger partial charge in [-0.15, -0.1) is 0 Å². The quantitative estimate of drug-likeness (QED) is 0.641. The SMILES string of the molecule is Cc1cc(NC(=O)Cn2cc(C(=O)O)cn2)nn1Cc1ccc(Br)cc1. The van der Waals surface area contributed by atoms with Crippen LogP contribution in [0.5, 0.6) is 0 Å². The van der Waals surface area contributed by atoms with Gasteiger partial charge in [0, 0.05) is 22.4 Å². The number of rotatable bonds is 6. The molecule has 0 aliphatic heterocycles. The van der Waals surface area contributed by atoms with Gasteiger partial charge in [-0.1, -0.05) is 28.1 Å². The van der Waals surface area contributed by atoms with Crippen molar-refractivity contribution in [2.24, 2.45) is 0 Å². The number of benzene rings is 1. The van der Waals surface area contributed by atoms with Crippen LogP contribution in [0.3, 0.4) is 0 Å². The number of nitrogens with zero attached hydrogens (tertiary/aromatic N) is 4. The molecular formula is C17H16BrN5O3. The summed E-state index contributed by atoms with van der Waals surface area (Å²) in [5, 5.41) is 19.8. The monoisotopic (exact) mass is 417 g/mol. The molecule has 0 saturated heterocycles. The second-order valence-corrected chi connectivity index (χ2v) is 6.65. The Morgan fingerprint density at radius 1 is 1.27 bits per heavy atom. The molecule has 0 fully saturated rings. The number of aromatic carboxylic acids is 1. The molecule has 26 heavy (non-hydrogen) atoms. The first-order valence-corrected chi connectivity index (χ1v) is 8.54. The summed E-state index contributed by atoms with van der Waals surface area (Å²) in [6.45, 7) is 2.41. The first-order chi connectivity index (χ1) is 12.4. The zero-order valence-corrected chi connectivity index (χ0v) is 15.5. The van der Waals surface area contributed by atoms with Gasteiger partial charge in [0.2, 0.25) is 5.91 Å². The highest BCUT2D eigenvalue weighted by atomic mass is 79.9.